The van der Waals surface area contributed by atoms with Gasteiger partial charge in [0.2, 0.25) is 5.95 Å². The molecule has 0 bridgehead atoms. The van der Waals surface area contributed by atoms with Crippen LogP contribution in [0.2, 0.25) is 5.02 Å². The van der Waals surface area contributed by atoms with Crippen LogP contribution in [0.1, 0.15) is 24.6 Å². The molecule has 2 aliphatic heterocycles. The molecule has 2 atom stereocenters. The molecular weight excluding hydrogens is 484 g/mol. The molecule has 3 aromatic rings. The number of nitrogens with one attached hydrogen (secondary N) is 3. The Balaban J connectivity index is 1.44. The highest BCUT2D eigenvalue weighted by Crippen LogP contribution is 2.37. The Kier molecular flexibility index (Phi) is 6.76. The van der Waals surface area contributed by atoms with Gasteiger partial charge in [0.25, 0.3) is 0 Å². The second kappa shape index (κ2) is 10.1. The maximum Gasteiger partial charge on any atom is 0.247 e. The second-order valence-corrected chi connectivity index (χ2v) is 9.09. The lowest BCUT2D eigenvalue weighted by atomic mass is 9.99. The van der Waals surface area contributed by atoms with Gasteiger partial charge < -0.3 is 30.7 Å². The lowest BCUT2D eigenvalue weighted by Crippen LogP contribution is -2.59. The molecule has 4 heterocycles. The van der Waals surface area contributed by atoms with Crippen LogP contribution in [-0.4, -0.2) is 75.7 Å². The smallest absolute Gasteiger partial charge is 0.247 e. The zero-order valence-corrected chi connectivity index (χ0v) is 20.3. The number of hydrogen-bond acceptors (Lipinski definition) is 11. The van der Waals surface area contributed by atoms with Crippen LogP contribution in [0, 0.1) is 22.7 Å². The molecule has 13 heteroatoms. The van der Waals surface area contributed by atoms with E-state index in [0.29, 0.717) is 66.3 Å². The number of piperidine rings is 1. The van der Waals surface area contributed by atoms with Gasteiger partial charge in [-0.1, -0.05) is 11.6 Å². The van der Waals surface area contributed by atoms with E-state index in [9.17, 15) is 15.6 Å². The van der Waals surface area contributed by atoms with Crippen molar-refractivity contribution in [2.75, 3.05) is 48.4 Å². The largest absolute Gasteiger partial charge is 0.390 e. The maximum absolute atomic E-state index is 10.8. The molecule has 0 unspecified atom stereocenters. The summed E-state index contributed by atoms with van der Waals surface area (Å²) >= 11 is 6.81. The number of hydrogen-bond donors (Lipinski definition) is 4. The van der Waals surface area contributed by atoms with E-state index in [-0.39, 0.29) is 23.7 Å². The van der Waals surface area contributed by atoms with E-state index in [4.69, 9.17) is 16.3 Å². The lowest BCUT2D eigenvalue weighted by molar-refractivity contribution is -0.0214. The van der Waals surface area contributed by atoms with Gasteiger partial charge in [-0.05, 0) is 25.5 Å². The van der Waals surface area contributed by atoms with Crippen LogP contribution in [0.4, 0.5) is 23.1 Å². The molecule has 2 aromatic heterocycles. The molecule has 186 valence electrons. The number of aromatic nitrogens is 4. The van der Waals surface area contributed by atoms with Crippen LogP contribution >= 0.6 is 11.6 Å². The fourth-order valence-corrected chi connectivity index (χ4v) is 4.67. The summed E-state index contributed by atoms with van der Waals surface area (Å²) < 4.78 is 6.61. The number of benzene rings is 1. The number of imidazole rings is 1. The first kappa shape index (κ1) is 24.0. The summed E-state index contributed by atoms with van der Waals surface area (Å²) in [6, 6.07) is 7.81. The first-order valence-electron chi connectivity index (χ1n) is 11.7. The lowest BCUT2D eigenvalue weighted by Gasteiger charge is -2.41. The van der Waals surface area contributed by atoms with E-state index < -0.39 is 6.10 Å². The van der Waals surface area contributed by atoms with Gasteiger partial charge in [0.15, 0.2) is 17.2 Å². The molecule has 12 nitrogen and oxygen atoms in total. The summed E-state index contributed by atoms with van der Waals surface area (Å²) in [7, 11) is 0. The zero-order chi connectivity index (χ0) is 25.2. The first-order chi connectivity index (χ1) is 17.5. The molecule has 2 saturated heterocycles. The summed E-state index contributed by atoms with van der Waals surface area (Å²) in [5, 5.41) is 44.3. The van der Waals surface area contributed by atoms with Gasteiger partial charge in [0.05, 0.1) is 59.6 Å². The molecule has 1 aromatic carbocycles. The van der Waals surface area contributed by atoms with Gasteiger partial charge in [-0.3, -0.25) is 0 Å². The Labute approximate surface area is 212 Å². The Bertz CT molecular complexity index is 1360. The van der Waals surface area contributed by atoms with Gasteiger partial charge >= 0.3 is 0 Å². The maximum atomic E-state index is 10.8. The van der Waals surface area contributed by atoms with E-state index in [1.54, 1.807) is 12.1 Å². The highest BCUT2D eigenvalue weighted by molar-refractivity contribution is 6.36. The van der Waals surface area contributed by atoms with E-state index in [1.165, 1.54) is 10.7 Å². The topological polar surface area (TPSA) is 159 Å². The highest BCUT2D eigenvalue weighted by Gasteiger charge is 2.32. The van der Waals surface area contributed by atoms with Gasteiger partial charge in [0, 0.05) is 25.7 Å². The predicted octanol–water partition coefficient (Wildman–Crippen LogP) is 1.62. The number of aliphatic hydroxyl groups excluding tert-OH is 1. The SMILES string of the molecule is CCNc1nc(Nc2cc(C#N)cc(N3CC[C@@H](NC4COC4)[C@H](O)C3)c2Cl)nn2c(C#N)cnc12. The van der Waals surface area contributed by atoms with Crippen LogP contribution < -0.4 is 20.9 Å². The van der Waals surface area contributed by atoms with Crippen LogP contribution in [0.5, 0.6) is 0 Å². The number of nitriles is 2. The molecule has 36 heavy (non-hydrogen) atoms. The van der Waals surface area contributed by atoms with Gasteiger partial charge in [-0.15, -0.1) is 5.10 Å². The fraction of sp³-hybridized carbons (Fsp3) is 0.435. The molecule has 0 aliphatic carbocycles. The summed E-state index contributed by atoms with van der Waals surface area (Å²) in [4.78, 5) is 10.7. The molecule has 2 aliphatic rings. The first-order valence-corrected chi connectivity index (χ1v) is 12.1. The molecule has 0 spiro atoms. The van der Waals surface area contributed by atoms with Crippen molar-refractivity contribution in [2.45, 2.75) is 31.5 Å². The van der Waals surface area contributed by atoms with Crippen molar-refractivity contribution in [2.24, 2.45) is 0 Å². The molecule has 0 saturated carbocycles. The van der Waals surface area contributed by atoms with Crippen LogP contribution in [0.3, 0.4) is 0 Å². The number of fused-ring (bicyclic) bond motifs is 1. The molecule has 4 N–H and O–H groups in total. The van der Waals surface area contributed by atoms with Crippen molar-refractivity contribution in [3.8, 4) is 12.1 Å². The number of halogens is 1. The third-order valence-corrected chi connectivity index (χ3v) is 6.66. The third kappa shape index (κ3) is 4.59. The van der Waals surface area contributed by atoms with Gasteiger partial charge in [-0.25, -0.2) is 4.98 Å². The van der Waals surface area contributed by atoms with Gasteiger partial charge in [-0.2, -0.15) is 20.0 Å². The van der Waals surface area contributed by atoms with Crippen LogP contribution in [0.25, 0.3) is 5.65 Å². The van der Waals surface area contributed by atoms with E-state index in [1.807, 2.05) is 11.8 Å². The standard InChI is InChI=1S/C23H25ClN10O2/c1-2-27-21-22-28-9-15(8-26)34(22)32-23(31-21)30-17-5-13(7-25)6-18(20(17)24)33-4-3-16(19(35)10-33)29-14-11-36-12-14/h5-6,9,14,16,19,29,35H,2-4,10-12H2,1H3,(H2,27,30,31,32)/t16-,19-/m1/s1. The molecule has 5 rings (SSSR count). The fourth-order valence-electron chi connectivity index (χ4n) is 4.39. The number of anilines is 4. The molecule has 0 radical (unpaired) electrons. The normalized spacial score (nSPS) is 20.0. The van der Waals surface area contributed by atoms with Crippen molar-refractivity contribution in [3.63, 3.8) is 0 Å². The molecule has 0 amide bonds. The number of aliphatic hydroxyl groups is 1. The van der Waals surface area contributed by atoms with E-state index in [0.717, 1.165) is 6.42 Å². The van der Waals surface area contributed by atoms with E-state index in [2.05, 4.69) is 43.2 Å². The summed E-state index contributed by atoms with van der Waals surface area (Å²) in [6.07, 6.45) is 1.55. The van der Waals surface area contributed by atoms with Crippen LogP contribution in [-0.2, 0) is 4.74 Å². The average molecular weight is 509 g/mol. The minimum Gasteiger partial charge on any atom is -0.390 e. The Morgan fingerprint density at radius 3 is 2.78 bits per heavy atom. The highest BCUT2D eigenvalue weighted by atomic mass is 35.5. The van der Waals surface area contributed by atoms with E-state index >= 15 is 0 Å². The number of β-amino-alcohol motifs (C(OH)–C–C–N with tert-alkyl or cyclic N) is 1. The summed E-state index contributed by atoms with van der Waals surface area (Å²) in [5.74, 6) is 0.639. The van der Waals surface area contributed by atoms with Crippen molar-refractivity contribution in [1.29, 1.82) is 10.5 Å². The summed E-state index contributed by atoms with van der Waals surface area (Å²) in [6.45, 7) is 4.87. The Hall–Kier alpha value is -3.68. The zero-order valence-electron chi connectivity index (χ0n) is 19.6. The molecule has 2 fully saturated rings. The van der Waals surface area contributed by atoms with Crippen molar-refractivity contribution in [3.05, 3.63) is 34.6 Å². The average Bonchev–Trinajstić information content (AvgIpc) is 3.27. The minimum atomic E-state index is -0.600. The van der Waals surface area contributed by atoms with Crippen molar-refractivity contribution in [1.82, 2.24) is 24.9 Å². The minimum absolute atomic E-state index is 0.0280. The molecular formula is C23H25ClN10O2. The van der Waals surface area contributed by atoms with Crippen molar-refractivity contribution < 1.29 is 9.84 Å². The van der Waals surface area contributed by atoms with Crippen LogP contribution in [0.15, 0.2) is 18.3 Å². The number of ether oxygens (including phenoxy) is 1. The summed E-state index contributed by atoms with van der Waals surface area (Å²) in [5.41, 5.74) is 2.15. The third-order valence-electron chi connectivity index (χ3n) is 6.26. The monoisotopic (exact) mass is 508 g/mol. The Morgan fingerprint density at radius 1 is 1.28 bits per heavy atom. The predicted molar refractivity (Wildman–Crippen MR) is 133 cm³/mol. The number of rotatable bonds is 7. The number of nitrogens with zero attached hydrogens (tertiary/aromatic N) is 7. The van der Waals surface area contributed by atoms with Crippen molar-refractivity contribution >= 4 is 40.4 Å². The quantitative estimate of drug-likeness (QED) is 0.367. The Morgan fingerprint density at radius 2 is 2.11 bits per heavy atom. The second-order valence-electron chi connectivity index (χ2n) is 8.71. The van der Waals surface area contributed by atoms with Gasteiger partial charge in [0.1, 0.15) is 6.07 Å².